The van der Waals surface area contributed by atoms with Gasteiger partial charge in [-0.1, -0.05) is 19.1 Å². The van der Waals surface area contributed by atoms with Crippen LogP contribution in [0, 0.1) is 0 Å². The Balaban J connectivity index is 1.47. The van der Waals surface area contributed by atoms with Gasteiger partial charge in [-0.15, -0.1) is 11.3 Å². The third kappa shape index (κ3) is 5.23. The predicted molar refractivity (Wildman–Crippen MR) is 114 cm³/mol. The number of nitrogens with one attached hydrogen (secondary N) is 2. The van der Waals surface area contributed by atoms with Crippen LogP contribution in [0.25, 0.3) is 0 Å². The summed E-state index contributed by atoms with van der Waals surface area (Å²) < 4.78 is 0. The summed E-state index contributed by atoms with van der Waals surface area (Å²) in [5.74, 6) is 0.708. The second-order valence-electron chi connectivity index (χ2n) is 6.43. The van der Waals surface area contributed by atoms with Crippen molar-refractivity contribution in [2.45, 2.75) is 13.3 Å². The van der Waals surface area contributed by atoms with Gasteiger partial charge in [0.05, 0.1) is 11.5 Å². The maximum Gasteiger partial charge on any atom is 0.243 e. The number of aliphatic imine (C=N–C) groups is 1. The van der Waals surface area contributed by atoms with Gasteiger partial charge in [-0.05, 0) is 41.6 Å². The zero-order chi connectivity index (χ0) is 19.1. The fraction of sp³-hybridized carbons (Fsp3) is 0.400. The molecule has 1 saturated heterocycles. The number of carbonyl (C=O) groups is 1. The van der Waals surface area contributed by atoms with Crippen LogP contribution in [-0.4, -0.2) is 56.5 Å². The number of amides is 1. The number of anilines is 2. The molecule has 27 heavy (non-hydrogen) atoms. The molecule has 0 spiro atoms. The zero-order valence-electron chi connectivity index (χ0n) is 15.9. The van der Waals surface area contributed by atoms with Crippen molar-refractivity contribution in [2.75, 3.05) is 50.0 Å². The van der Waals surface area contributed by atoms with Crippen LogP contribution < -0.4 is 15.5 Å². The van der Waals surface area contributed by atoms with Gasteiger partial charge >= 0.3 is 0 Å². The number of hydrogen-bond acceptors (Lipinski definition) is 4. The summed E-state index contributed by atoms with van der Waals surface area (Å²) in [4.78, 5) is 21.2. The van der Waals surface area contributed by atoms with Gasteiger partial charge in [-0.2, -0.15) is 0 Å². The summed E-state index contributed by atoms with van der Waals surface area (Å²) in [5.41, 5.74) is 2.04. The molecule has 2 N–H and O–H groups in total. The monoisotopic (exact) mass is 385 g/mol. The normalized spacial score (nSPS) is 15.0. The highest BCUT2D eigenvalue weighted by Gasteiger charge is 2.20. The van der Waals surface area contributed by atoms with Crippen molar-refractivity contribution < 1.29 is 4.79 Å². The molecule has 144 valence electrons. The number of carbonyl (C=O) groups excluding carboxylic acids is 1. The van der Waals surface area contributed by atoms with E-state index in [4.69, 9.17) is 0 Å². The van der Waals surface area contributed by atoms with Gasteiger partial charge in [0, 0.05) is 38.9 Å². The van der Waals surface area contributed by atoms with Crippen LogP contribution in [0.5, 0.6) is 0 Å². The van der Waals surface area contributed by atoms with Crippen molar-refractivity contribution in [1.29, 1.82) is 0 Å². The standard InChI is InChI=1S/C20H27N5OS/c1-3-16-6-4-7-17(14-16)23-18(26)15-22-20(21-2)25-11-9-24(10-12-25)19-8-5-13-27-19/h4-8,13-14H,3,9-12,15H2,1-2H3,(H,21,22)(H,23,26). The number of benzene rings is 1. The number of piperazine rings is 1. The molecule has 0 atom stereocenters. The summed E-state index contributed by atoms with van der Waals surface area (Å²) in [6.45, 7) is 5.99. The molecule has 2 heterocycles. The second-order valence-corrected chi connectivity index (χ2v) is 7.35. The van der Waals surface area contributed by atoms with Crippen molar-refractivity contribution in [3.8, 4) is 0 Å². The Kier molecular flexibility index (Phi) is 6.70. The third-order valence-electron chi connectivity index (χ3n) is 4.63. The summed E-state index contributed by atoms with van der Waals surface area (Å²) >= 11 is 1.77. The third-order valence-corrected chi connectivity index (χ3v) is 5.56. The lowest BCUT2D eigenvalue weighted by molar-refractivity contribution is -0.115. The molecule has 1 aliphatic rings. The second kappa shape index (κ2) is 9.41. The minimum absolute atomic E-state index is 0.0679. The van der Waals surface area contributed by atoms with E-state index < -0.39 is 0 Å². The van der Waals surface area contributed by atoms with E-state index in [1.807, 2.05) is 18.2 Å². The quantitative estimate of drug-likeness (QED) is 0.614. The topological polar surface area (TPSA) is 60.0 Å². The molecule has 0 radical (unpaired) electrons. The van der Waals surface area contributed by atoms with Gasteiger partial charge in [0.1, 0.15) is 0 Å². The highest BCUT2D eigenvalue weighted by molar-refractivity contribution is 7.14. The van der Waals surface area contributed by atoms with Crippen molar-refractivity contribution in [3.63, 3.8) is 0 Å². The Labute approximate surface area is 164 Å². The molecule has 1 fully saturated rings. The average Bonchev–Trinajstić information content (AvgIpc) is 3.24. The lowest BCUT2D eigenvalue weighted by Crippen LogP contribution is -2.53. The summed E-state index contributed by atoms with van der Waals surface area (Å²) in [5, 5.41) is 9.55. The maximum absolute atomic E-state index is 12.3. The van der Waals surface area contributed by atoms with E-state index in [2.05, 4.69) is 55.9 Å². The number of hydrogen-bond donors (Lipinski definition) is 2. The van der Waals surface area contributed by atoms with Crippen molar-refractivity contribution >= 4 is 33.9 Å². The molecule has 2 aromatic rings. The molecule has 0 saturated carbocycles. The number of rotatable bonds is 5. The Bertz CT molecular complexity index is 766. The van der Waals surface area contributed by atoms with Gasteiger partial charge in [0.2, 0.25) is 5.91 Å². The van der Waals surface area contributed by atoms with Crippen molar-refractivity contribution in [3.05, 3.63) is 47.3 Å². The van der Waals surface area contributed by atoms with E-state index in [1.165, 1.54) is 10.6 Å². The number of nitrogens with zero attached hydrogens (tertiary/aromatic N) is 3. The van der Waals surface area contributed by atoms with Crippen molar-refractivity contribution in [2.24, 2.45) is 4.99 Å². The number of thiophene rings is 1. The maximum atomic E-state index is 12.3. The first-order valence-corrected chi connectivity index (χ1v) is 10.2. The van der Waals surface area contributed by atoms with Crippen LogP contribution in [0.15, 0.2) is 46.8 Å². The van der Waals surface area contributed by atoms with Crippen LogP contribution >= 0.6 is 11.3 Å². The number of guanidine groups is 1. The first-order valence-electron chi connectivity index (χ1n) is 9.32. The molecule has 1 aromatic heterocycles. The summed E-state index contributed by atoms with van der Waals surface area (Å²) in [6.07, 6.45) is 0.950. The minimum Gasteiger partial charge on any atom is -0.360 e. The van der Waals surface area contributed by atoms with Crippen LogP contribution in [0.1, 0.15) is 12.5 Å². The highest BCUT2D eigenvalue weighted by Crippen LogP contribution is 2.22. The molecular weight excluding hydrogens is 358 g/mol. The van der Waals surface area contributed by atoms with Gasteiger partial charge in [-0.3, -0.25) is 9.79 Å². The summed E-state index contributed by atoms with van der Waals surface area (Å²) in [6, 6.07) is 12.2. The first-order chi connectivity index (χ1) is 13.2. The fourth-order valence-corrected chi connectivity index (χ4v) is 3.94. The van der Waals surface area contributed by atoms with E-state index in [0.29, 0.717) is 0 Å². The van der Waals surface area contributed by atoms with Crippen LogP contribution in [-0.2, 0) is 11.2 Å². The smallest absolute Gasteiger partial charge is 0.243 e. The van der Waals surface area contributed by atoms with Gasteiger partial charge < -0.3 is 20.4 Å². The predicted octanol–water partition coefficient (Wildman–Crippen LogP) is 2.65. The lowest BCUT2D eigenvalue weighted by atomic mass is 10.1. The van der Waals surface area contributed by atoms with Crippen LogP contribution in [0.3, 0.4) is 0 Å². The molecular formula is C20H27N5OS. The van der Waals surface area contributed by atoms with Crippen LogP contribution in [0.4, 0.5) is 10.7 Å². The zero-order valence-corrected chi connectivity index (χ0v) is 16.8. The lowest BCUT2D eigenvalue weighted by Gasteiger charge is -2.36. The molecule has 1 amide bonds. The molecule has 1 aromatic carbocycles. The first kappa shape index (κ1) is 19.2. The molecule has 1 aliphatic heterocycles. The van der Waals surface area contributed by atoms with Gasteiger partial charge in [0.15, 0.2) is 5.96 Å². The molecule has 7 heteroatoms. The largest absolute Gasteiger partial charge is 0.360 e. The summed E-state index contributed by atoms with van der Waals surface area (Å²) in [7, 11) is 1.76. The Morgan fingerprint density at radius 3 is 2.67 bits per heavy atom. The fourth-order valence-electron chi connectivity index (χ4n) is 3.15. The highest BCUT2D eigenvalue weighted by atomic mass is 32.1. The molecule has 6 nitrogen and oxygen atoms in total. The van der Waals surface area contributed by atoms with Gasteiger partial charge in [-0.25, -0.2) is 0 Å². The molecule has 3 rings (SSSR count). The Morgan fingerprint density at radius 1 is 1.19 bits per heavy atom. The average molecular weight is 386 g/mol. The molecule has 0 unspecified atom stereocenters. The Morgan fingerprint density at radius 2 is 2.00 bits per heavy atom. The molecule has 0 aliphatic carbocycles. The van der Waals surface area contributed by atoms with Crippen LogP contribution in [0.2, 0.25) is 0 Å². The minimum atomic E-state index is -0.0679. The van der Waals surface area contributed by atoms with E-state index in [1.54, 1.807) is 18.4 Å². The SMILES string of the molecule is CCc1cccc(NC(=O)CNC(=NC)N2CCN(c3cccs3)CC2)c1. The van der Waals surface area contributed by atoms with E-state index >= 15 is 0 Å². The van der Waals surface area contributed by atoms with E-state index in [0.717, 1.165) is 44.2 Å². The molecule has 0 bridgehead atoms. The number of aryl methyl sites for hydroxylation is 1. The van der Waals surface area contributed by atoms with E-state index in [9.17, 15) is 4.79 Å². The Hall–Kier alpha value is -2.54. The van der Waals surface area contributed by atoms with Crippen molar-refractivity contribution in [1.82, 2.24) is 10.2 Å². The van der Waals surface area contributed by atoms with E-state index in [-0.39, 0.29) is 12.5 Å². The van der Waals surface area contributed by atoms with Gasteiger partial charge in [0.25, 0.3) is 0 Å².